The molecule has 2 aromatic carbocycles. The number of nitrogens with zero attached hydrogens (tertiary/aromatic N) is 4. The first-order valence-corrected chi connectivity index (χ1v) is 12.7. The van der Waals surface area contributed by atoms with E-state index in [0.29, 0.717) is 11.1 Å². The highest BCUT2D eigenvalue weighted by atomic mass is 79.9. The maximum atomic E-state index is 6.48. The largest absolute Gasteiger partial charge is 0.367 e. The predicted octanol–water partition coefficient (Wildman–Crippen LogP) is 6.37. The zero-order valence-corrected chi connectivity index (χ0v) is 20.9. The summed E-state index contributed by atoms with van der Waals surface area (Å²) < 4.78 is 2.72. The van der Waals surface area contributed by atoms with Crippen LogP contribution in [0.4, 0.5) is 5.82 Å². The zero-order valence-electron chi connectivity index (χ0n) is 18.5. The minimum absolute atomic E-state index is 0.366. The van der Waals surface area contributed by atoms with Crippen molar-refractivity contribution in [3.63, 3.8) is 0 Å². The van der Waals surface area contributed by atoms with Crippen molar-refractivity contribution in [2.75, 3.05) is 18.4 Å². The number of anilines is 1. The summed E-state index contributed by atoms with van der Waals surface area (Å²) >= 11 is 10.1. The molecule has 3 aromatic heterocycles. The van der Waals surface area contributed by atoms with Crippen LogP contribution in [-0.4, -0.2) is 43.6 Å². The maximum Gasteiger partial charge on any atom is 0.172 e. The lowest BCUT2D eigenvalue weighted by Gasteiger charge is -2.33. The second-order valence-electron chi connectivity index (χ2n) is 8.79. The molecule has 1 aliphatic rings. The van der Waals surface area contributed by atoms with Gasteiger partial charge in [0.05, 0.1) is 16.4 Å². The van der Waals surface area contributed by atoms with Gasteiger partial charge >= 0.3 is 0 Å². The normalized spacial score (nSPS) is 15.4. The smallest absolute Gasteiger partial charge is 0.172 e. The molecule has 0 atom stereocenters. The van der Waals surface area contributed by atoms with E-state index in [-0.39, 0.29) is 0 Å². The molecular formula is C26H24BrClN6. The van der Waals surface area contributed by atoms with Gasteiger partial charge in [0.2, 0.25) is 0 Å². The zero-order chi connectivity index (χ0) is 23.1. The number of likely N-dealkylation sites (tertiary alicyclic amines) is 1. The van der Waals surface area contributed by atoms with E-state index in [1.807, 2.05) is 41.0 Å². The van der Waals surface area contributed by atoms with E-state index >= 15 is 0 Å². The number of aromatic amines is 1. The molecule has 34 heavy (non-hydrogen) atoms. The molecule has 0 aliphatic carbocycles. The summed E-state index contributed by atoms with van der Waals surface area (Å²) in [5.74, 6) is 0.931. The Balaban J connectivity index is 1.20. The fraction of sp³-hybridized carbons (Fsp3) is 0.231. The number of rotatable bonds is 5. The Kier molecular flexibility index (Phi) is 5.77. The molecule has 1 aliphatic heterocycles. The van der Waals surface area contributed by atoms with Gasteiger partial charge in [0, 0.05) is 54.0 Å². The van der Waals surface area contributed by atoms with Crippen LogP contribution in [0.2, 0.25) is 5.02 Å². The molecule has 0 unspecified atom stereocenters. The Morgan fingerprint density at radius 3 is 2.79 bits per heavy atom. The highest BCUT2D eigenvalue weighted by Crippen LogP contribution is 2.31. The molecule has 0 radical (unpaired) electrons. The molecule has 6 nitrogen and oxygen atoms in total. The number of benzene rings is 2. The topological polar surface area (TPSA) is 61.2 Å². The van der Waals surface area contributed by atoms with E-state index in [9.17, 15) is 0 Å². The van der Waals surface area contributed by atoms with Crippen LogP contribution in [0.1, 0.15) is 18.4 Å². The highest BCUT2D eigenvalue weighted by Gasteiger charge is 2.22. The minimum atomic E-state index is 0.366. The number of hydrogen-bond acceptors (Lipinski definition) is 4. The van der Waals surface area contributed by atoms with Gasteiger partial charge in [0.15, 0.2) is 5.65 Å². The number of para-hydroxylation sites is 1. The molecule has 1 fully saturated rings. The minimum Gasteiger partial charge on any atom is -0.367 e. The van der Waals surface area contributed by atoms with Crippen LogP contribution in [-0.2, 0) is 6.54 Å². The summed E-state index contributed by atoms with van der Waals surface area (Å²) in [5.41, 5.74) is 5.12. The highest BCUT2D eigenvalue weighted by molar-refractivity contribution is 9.10. The molecule has 5 aromatic rings. The van der Waals surface area contributed by atoms with E-state index in [4.69, 9.17) is 16.6 Å². The van der Waals surface area contributed by atoms with Gasteiger partial charge < -0.3 is 10.3 Å². The van der Waals surface area contributed by atoms with E-state index in [1.165, 1.54) is 16.5 Å². The third-order valence-corrected chi connectivity index (χ3v) is 7.47. The quantitative estimate of drug-likeness (QED) is 0.274. The Morgan fingerprint density at radius 1 is 1.09 bits per heavy atom. The van der Waals surface area contributed by atoms with E-state index in [2.05, 4.69) is 60.5 Å². The maximum absolute atomic E-state index is 6.48. The van der Waals surface area contributed by atoms with Crippen molar-refractivity contribution >= 4 is 49.9 Å². The van der Waals surface area contributed by atoms with Crippen LogP contribution < -0.4 is 5.32 Å². The predicted molar refractivity (Wildman–Crippen MR) is 141 cm³/mol. The van der Waals surface area contributed by atoms with Crippen LogP contribution >= 0.6 is 27.5 Å². The van der Waals surface area contributed by atoms with Crippen molar-refractivity contribution in [3.05, 3.63) is 82.0 Å². The second-order valence-corrected chi connectivity index (χ2v) is 10.0. The number of hydrogen-bond donors (Lipinski definition) is 2. The summed E-state index contributed by atoms with van der Waals surface area (Å²) in [5, 5.41) is 10.2. The summed E-state index contributed by atoms with van der Waals surface area (Å²) in [6.45, 7) is 3.05. The fourth-order valence-electron chi connectivity index (χ4n) is 4.81. The standard InChI is InChI=1S/C26H24BrClN6/c27-21-15-30-34-24(14-23(32-26(21)34)20-6-1-2-7-22(20)28)31-19-9-12-33(13-10-19)16-18-5-3-4-17-8-11-29-25(17)18/h1-8,11,14-15,19,29,31H,9-10,12-13,16H2. The summed E-state index contributed by atoms with van der Waals surface area (Å²) in [6.07, 6.45) is 5.93. The molecule has 0 amide bonds. The third-order valence-electron chi connectivity index (χ3n) is 6.59. The van der Waals surface area contributed by atoms with E-state index in [1.54, 1.807) is 6.20 Å². The average Bonchev–Trinajstić information content (AvgIpc) is 3.48. The molecule has 172 valence electrons. The van der Waals surface area contributed by atoms with Crippen molar-refractivity contribution in [1.82, 2.24) is 24.5 Å². The van der Waals surface area contributed by atoms with Gasteiger partial charge in [-0.1, -0.05) is 48.0 Å². The van der Waals surface area contributed by atoms with Gasteiger partial charge in [-0.2, -0.15) is 9.61 Å². The van der Waals surface area contributed by atoms with Crippen LogP contribution in [0.3, 0.4) is 0 Å². The number of halogens is 2. The summed E-state index contributed by atoms with van der Waals surface area (Å²) in [7, 11) is 0. The van der Waals surface area contributed by atoms with Crippen molar-refractivity contribution in [1.29, 1.82) is 0 Å². The van der Waals surface area contributed by atoms with Crippen molar-refractivity contribution in [3.8, 4) is 11.3 Å². The number of piperidine rings is 1. The lowest BCUT2D eigenvalue weighted by molar-refractivity contribution is 0.211. The summed E-state index contributed by atoms with van der Waals surface area (Å²) in [6, 6.07) is 18.9. The molecule has 4 heterocycles. The number of H-pyrrole nitrogens is 1. The number of fused-ring (bicyclic) bond motifs is 2. The first-order valence-electron chi connectivity index (χ1n) is 11.5. The lowest BCUT2D eigenvalue weighted by atomic mass is 10.0. The van der Waals surface area contributed by atoms with Gasteiger partial charge in [-0.25, -0.2) is 4.98 Å². The SMILES string of the molecule is Clc1ccccc1-c1cc(NC2CCN(Cc3cccc4cc[nH]c34)CC2)n2ncc(Br)c2n1. The molecule has 0 spiro atoms. The molecule has 0 bridgehead atoms. The van der Waals surface area contributed by atoms with Crippen LogP contribution in [0.15, 0.2) is 71.5 Å². The lowest BCUT2D eigenvalue weighted by Crippen LogP contribution is -2.39. The monoisotopic (exact) mass is 534 g/mol. The molecule has 0 saturated carbocycles. The van der Waals surface area contributed by atoms with Crippen LogP contribution in [0, 0.1) is 0 Å². The van der Waals surface area contributed by atoms with Crippen molar-refractivity contribution in [2.45, 2.75) is 25.4 Å². The Labute approximate surface area is 211 Å². The Hall–Kier alpha value is -2.87. The molecular weight excluding hydrogens is 512 g/mol. The van der Waals surface area contributed by atoms with E-state index in [0.717, 1.165) is 59.7 Å². The van der Waals surface area contributed by atoms with E-state index < -0.39 is 0 Å². The molecule has 6 rings (SSSR count). The van der Waals surface area contributed by atoms with Gasteiger partial charge in [0.1, 0.15) is 5.82 Å². The average molecular weight is 536 g/mol. The molecule has 1 saturated heterocycles. The second kappa shape index (κ2) is 9.06. The fourth-order valence-corrected chi connectivity index (χ4v) is 5.39. The van der Waals surface area contributed by atoms with Gasteiger partial charge in [-0.3, -0.25) is 4.90 Å². The van der Waals surface area contributed by atoms with Gasteiger partial charge in [-0.05, 0) is 51.9 Å². The molecule has 8 heteroatoms. The van der Waals surface area contributed by atoms with Crippen LogP contribution in [0.5, 0.6) is 0 Å². The van der Waals surface area contributed by atoms with Crippen molar-refractivity contribution in [2.24, 2.45) is 0 Å². The number of aromatic nitrogens is 4. The van der Waals surface area contributed by atoms with Gasteiger partial charge in [0.25, 0.3) is 0 Å². The molecule has 2 N–H and O–H groups in total. The first-order chi connectivity index (χ1) is 16.7. The first kappa shape index (κ1) is 21.6. The summed E-state index contributed by atoms with van der Waals surface area (Å²) in [4.78, 5) is 10.7. The van der Waals surface area contributed by atoms with Gasteiger partial charge in [-0.15, -0.1) is 0 Å². The van der Waals surface area contributed by atoms with Crippen molar-refractivity contribution < 1.29 is 0 Å². The Morgan fingerprint density at radius 2 is 1.94 bits per heavy atom. The van der Waals surface area contributed by atoms with Crippen LogP contribution in [0.25, 0.3) is 27.8 Å². The third kappa shape index (κ3) is 4.08. The number of nitrogens with one attached hydrogen (secondary N) is 2. The Bertz CT molecular complexity index is 1470.